The van der Waals surface area contributed by atoms with Crippen LogP contribution in [0.4, 0.5) is 0 Å². The number of hydrogen-bond acceptors (Lipinski definition) is 9. The first-order valence-electron chi connectivity index (χ1n) is 18.8. The van der Waals surface area contributed by atoms with Crippen LogP contribution in [-0.4, -0.2) is 59.9 Å². The van der Waals surface area contributed by atoms with Gasteiger partial charge in [-0.2, -0.15) is 0 Å². The van der Waals surface area contributed by atoms with Gasteiger partial charge in [-0.05, 0) is 120 Å². The van der Waals surface area contributed by atoms with E-state index in [0.29, 0.717) is 37.2 Å². The van der Waals surface area contributed by atoms with E-state index in [1.54, 1.807) is 20.8 Å². The number of aliphatic carboxylic acids is 1. The van der Waals surface area contributed by atoms with Crippen LogP contribution in [-0.2, 0) is 42.9 Å². The van der Waals surface area contributed by atoms with Gasteiger partial charge in [0.1, 0.15) is 18.3 Å². The fourth-order valence-corrected chi connectivity index (χ4v) is 11.1. The van der Waals surface area contributed by atoms with Gasteiger partial charge in [-0.15, -0.1) is 0 Å². The Bertz CT molecular complexity index is 1230. The minimum absolute atomic E-state index is 0.0510. The average Bonchev–Trinajstić information content (AvgIpc) is 3.89. The van der Waals surface area contributed by atoms with Crippen LogP contribution < -0.4 is 0 Å². The highest BCUT2D eigenvalue weighted by Crippen LogP contribution is 2.68. The van der Waals surface area contributed by atoms with Crippen LogP contribution in [0, 0.1) is 70.5 Å². The van der Waals surface area contributed by atoms with Crippen molar-refractivity contribution in [1.29, 1.82) is 0 Å². The molecule has 7 aliphatic rings. The largest absolute Gasteiger partial charge is 0.481 e. The summed E-state index contributed by atoms with van der Waals surface area (Å²) in [5.41, 5.74) is -1.13. The molecule has 10 heteroatoms. The Kier molecular flexibility index (Phi) is 11.2. The zero-order valence-electron chi connectivity index (χ0n) is 30.0. The molecule has 10 nitrogen and oxygen atoms in total. The van der Waals surface area contributed by atoms with Crippen LogP contribution in [0.25, 0.3) is 0 Å². The molecular weight excluding hydrogens is 616 g/mol. The molecule has 6 saturated carbocycles. The third-order valence-electron chi connectivity index (χ3n) is 13.0. The highest BCUT2D eigenvalue weighted by atomic mass is 16.6. The highest BCUT2D eigenvalue weighted by Gasteiger charge is 2.64. The van der Waals surface area contributed by atoms with Gasteiger partial charge < -0.3 is 24.1 Å². The third-order valence-corrected chi connectivity index (χ3v) is 13.0. The van der Waals surface area contributed by atoms with E-state index >= 15 is 0 Å². The smallest absolute Gasteiger partial charge is 0.309 e. The second kappa shape index (κ2) is 14.7. The first-order chi connectivity index (χ1) is 22.8. The lowest BCUT2D eigenvalue weighted by Crippen LogP contribution is -2.40. The van der Waals surface area contributed by atoms with Gasteiger partial charge in [0.05, 0.1) is 29.8 Å². The molecular formula is C38H58O10. The molecule has 14 unspecified atom stereocenters. The van der Waals surface area contributed by atoms with Gasteiger partial charge in [0.15, 0.2) is 0 Å². The van der Waals surface area contributed by atoms with E-state index in [4.69, 9.17) is 14.2 Å². The number of hydrogen-bond donors (Lipinski definition) is 1. The normalized spacial score (nSPS) is 38.5. The highest BCUT2D eigenvalue weighted by molar-refractivity contribution is 5.79. The van der Waals surface area contributed by atoms with E-state index in [-0.39, 0.29) is 66.7 Å². The minimum atomic E-state index is -1.13. The van der Waals surface area contributed by atoms with Crippen LogP contribution in [0.2, 0.25) is 0 Å². The molecule has 1 heterocycles. The Hall–Kier alpha value is -2.65. The number of rotatable bonds is 11. The summed E-state index contributed by atoms with van der Waals surface area (Å²) in [5.74, 6) is 1.16. The molecule has 0 radical (unpaired) electrons. The molecule has 0 aromatic heterocycles. The van der Waals surface area contributed by atoms with Crippen molar-refractivity contribution in [3.8, 4) is 0 Å². The Morgan fingerprint density at radius 1 is 0.854 bits per heavy atom. The van der Waals surface area contributed by atoms with Crippen molar-refractivity contribution in [2.45, 2.75) is 131 Å². The number of esters is 4. The van der Waals surface area contributed by atoms with Crippen LogP contribution >= 0.6 is 0 Å². The summed E-state index contributed by atoms with van der Waals surface area (Å²) in [6, 6.07) is 0. The van der Waals surface area contributed by atoms with E-state index in [0.717, 1.165) is 37.0 Å². The second-order valence-corrected chi connectivity index (χ2v) is 16.0. The lowest BCUT2D eigenvalue weighted by Gasteiger charge is -2.39. The van der Waals surface area contributed by atoms with Crippen molar-refractivity contribution in [2.75, 3.05) is 6.61 Å². The van der Waals surface area contributed by atoms with Gasteiger partial charge in [0, 0.05) is 18.8 Å². The molecule has 14 atom stereocenters. The Labute approximate surface area is 285 Å². The van der Waals surface area contributed by atoms with Crippen LogP contribution in [0.5, 0.6) is 0 Å². The number of carboxylic acid groups (broad SMARTS) is 1. The van der Waals surface area contributed by atoms with E-state index in [1.807, 2.05) is 20.8 Å². The zero-order valence-corrected chi connectivity index (χ0v) is 30.0. The van der Waals surface area contributed by atoms with Crippen molar-refractivity contribution in [2.24, 2.45) is 70.5 Å². The molecule has 0 aromatic rings. The average molecular weight is 675 g/mol. The molecule has 0 aromatic carbocycles. The van der Waals surface area contributed by atoms with E-state index in [1.165, 1.54) is 26.2 Å². The fourth-order valence-electron chi connectivity index (χ4n) is 11.1. The molecule has 0 spiro atoms. The van der Waals surface area contributed by atoms with Crippen LogP contribution in [0.3, 0.4) is 0 Å². The molecule has 7 fully saturated rings. The number of carboxylic acids is 1. The molecule has 7 rings (SSSR count). The Morgan fingerprint density at radius 2 is 1.50 bits per heavy atom. The molecule has 0 amide bonds. The summed E-state index contributed by atoms with van der Waals surface area (Å²) in [6.07, 6.45) is 7.62. The Balaban J connectivity index is 0.000000511. The van der Waals surface area contributed by atoms with E-state index in [2.05, 4.69) is 4.74 Å². The molecule has 1 saturated heterocycles. The van der Waals surface area contributed by atoms with Crippen molar-refractivity contribution < 1.29 is 48.0 Å². The van der Waals surface area contributed by atoms with Gasteiger partial charge in [-0.25, -0.2) is 0 Å². The molecule has 1 aliphatic heterocycles. The second-order valence-electron chi connectivity index (χ2n) is 16.0. The molecule has 1 N–H and O–H groups in total. The maximum atomic E-state index is 13.8. The fraction of sp³-hybridized carbons (Fsp3) is 0.868. The number of carbonyl (C=O) groups is 5. The van der Waals surface area contributed by atoms with Crippen LogP contribution in [0.15, 0.2) is 0 Å². The molecule has 48 heavy (non-hydrogen) atoms. The van der Waals surface area contributed by atoms with Gasteiger partial charge in [0.25, 0.3) is 0 Å². The summed E-state index contributed by atoms with van der Waals surface area (Å²) in [7, 11) is 0. The lowest BCUT2D eigenvalue weighted by molar-refractivity contribution is -0.169. The summed E-state index contributed by atoms with van der Waals surface area (Å²) in [5, 5.41) is 9.85. The molecule has 6 bridgehead atoms. The van der Waals surface area contributed by atoms with Crippen LogP contribution in [0.1, 0.15) is 113 Å². The van der Waals surface area contributed by atoms with Gasteiger partial charge in [-0.1, -0.05) is 20.8 Å². The van der Waals surface area contributed by atoms with Gasteiger partial charge >= 0.3 is 29.8 Å². The van der Waals surface area contributed by atoms with Crippen molar-refractivity contribution >= 4 is 29.8 Å². The van der Waals surface area contributed by atoms with E-state index in [9.17, 15) is 29.1 Å². The summed E-state index contributed by atoms with van der Waals surface area (Å²) >= 11 is 0. The predicted molar refractivity (Wildman–Crippen MR) is 175 cm³/mol. The zero-order chi connectivity index (χ0) is 35.1. The first kappa shape index (κ1) is 36.6. The Morgan fingerprint density at radius 3 is 2.10 bits per heavy atom. The first-order valence-corrected chi connectivity index (χ1v) is 18.8. The topological polar surface area (TPSA) is 142 Å². The molecule has 270 valence electrons. The standard InChI is InChI=1S/C32H44O8.C4H8O2.C2H6/c1-4-14(28(33)39-26-18-10-20-21(11-18)30(35)40-27(20)26)7-19(13-32(2,3)31(36)37)29(34)38-23-12-17-9-22(23)25-16-6-5-15(8-16)24(17)25;1-3-6-4(2)5;1-2/h14-27H,4-13H2,1-3H3,(H,36,37);3H2,1-2H3;1-2H3. The lowest BCUT2D eigenvalue weighted by atomic mass is 9.70. The summed E-state index contributed by atoms with van der Waals surface area (Å²) < 4.78 is 22.2. The van der Waals surface area contributed by atoms with Gasteiger partial charge in [-0.3, -0.25) is 24.0 Å². The minimum Gasteiger partial charge on any atom is -0.481 e. The van der Waals surface area contributed by atoms with Crippen molar-refractivity contribution in [3.63, 3.8) is 0 Å². The predicted octanol–water partition coefficient (Wildman–Crippen LogP) is 6.22. The SMILES string of the molecule is CC.CCC(CC(CC(C)(C)C(=O)O)C(=O)OC1CC2CC1C1C3CCC(C3)C21)C(=O)OC1C2CC3C(=O)OC1C3C2.CCOC(C)=O. The quantitative estimate of drug-likeness (QED) is 0.152. The monoisotopic (exact) mass is 674 g/mol. The summed E-state index contributed by atoms with van der Waals surface area (Å²) in [6.45, 7) is 12.8. The maximum absolute atomic E-state index is 13.8. The number of carbonyl (C=O) groups excluding carboxylic acids is 4. The van der Waals surface area contributed by atoms with Crippen molar-refractivity contribution in [1.82, 2.24) is 0 Å². The maximum Gasteiger partial charge on any atom is 0.309 e. The number of ether oxygens (including phenoxy) is 4. The third kappa shape index (κ3) is 6.87. The van der Waals surface area contributed by atoms with E-state index < -0.39 is 29.3 Å². The van der Waals surface area contributed by atoms with Gasteiger partial charge in [0.2, 0.25) is 0 Å². The molecule has 6 aliphatic carbocycles. The summed E-state index contributed by atoms with van der Waals surface area (Å²) in [4.78, 5) is 61.2. The van der Waals surface area contributed by atoms with Crippen molar-refractivity contribution in [3.05, 3.63) is 0 Å². The number of fused-ring (bicyclic) bond motifs is 10.